The number of phosphoric ester groups is 2. The molecule has 0 amide bonds. The number of hydrogen-bond acceptors (Lipinski definition) is 8. The van der Waals surface area contributed by atoms with Crippen molar-refractivity contribution in [1.82, 2.24) is 0 Å². The van der Waals surface area contributed by atoms with Crippen LogP contribution in [0.5, 0.6) is 0 Å². The van der Waals surface area contributed by atoms with E-state index in [2.05, 4.69) is 10.4 Å². The molecule has 10 nitrogen and oxygen atoms in total. The normalized spacial score (nSPS) is 25.5. The lowest BCUT2D eigenvalue weighted by molar-refractivity contribution is -0.168. The van der Waals surface area contributed by atoms with E-state index >= 15 is 0 Å². The Labute approximate surface area is 189 Å². The zero-order chi connectivity index (χ0) is 24.4. The van der Waals surface area contributed by atoms with E-state index in [1.807, 2.05) is 20.8 Å². The van der Waals surface area contributed by atoms with E-state index in [1.54, 1.807) is 13.0 Å². The predicted molar refractivity (Wildman–Crippen MR) is 119 cm³/mol. The standard InChI is InChI=1S/C20H36O10P2/c1-16(2)8-7-9-17(3)11-13-28-32(25,26)30-31(23,24)27-12-6-5-10-18-14-20(4,22)15-19(21)29-18/h8,11,18,22H,5-7,9-10,12-15H2,1-4H3,(H,23,24)(H,25,26)/b17-11+. The minimum absolute atomic E-state index is 0.0494. The molecule has 1 fully saturated rings. The largest absolute Gasteiger partial charge is 0.481 e. The number of cyclic esters (lactones) is 1. The Kier molecular flexibility index (Phi) is 12.0. The van der Waals surface area contributed by atoms with Crippen LogP contribution in [-0.2, 0) is 32.0 Å². The van der Waals surface area contributed by atoms with E-state index in [9.17, 15) is 28.8 Å². The van der Waals surface area contributed by atoms with Gasteiger partial charge in [0.05, 0.1) is 25.2 Å². The van der Waals surface area contributed by atoms with Crippen LogP contribution in [0, 0.1) is 0 Å². The number of carbonyl (C=O) groups is 1. The third-order valence-corrected chi connectivity index (χ3v) is 7.27. The molecule has 0 aliphatic carbocycles. The Morgan fingerprint density at radius 1 is 1.16 bits per heavy atom. The number of carbonyl (C=O) groups excluding carboxylic acids is 1. The van der Waals surface area contributed by atoms with Gasteiger partial charge < -0.3 is 19.6 Å². The van der Waals surface area contributed by atoms with Crippen LogP contribution >= 0.6 is 15.6 Å². The fraction of sp³-hybridized carbons (Fsp3) is 0.750. The molecule has 4 unspecified atom stereocenters. The molecular weight excluding hydrogens is 462 g/mol. The number of allylic oxidation sites excluding steroid dienone is 3. The molecule has 1 rings (SSSR count). The first-order valence-electron chi connectivity index (χ1n) is 10.6. The summed E-state index contributed by atoms with van der Waals surface area (Å²) in [6.45, 7) is 6.94. The van der Waals surface area contributed by atoms with E-state index in [1.165, 1.54) is 5.57 Å². The van der Waals surface area contributed by atoms with Crippen molar-refractivity contribution >= 4 is 21.6 Å². The summed E-state index contributed by atoms with van der Waals surface area (Å²) in [5, 5.41) is 10.0. The molecule has 1 aliphatic heterocycles. The van der Waals surface area contributed by atoms with E-state index < -0.39 is 33.3 Å². The van der Waals surface area contributed by atoms with Crippen molar-refractivity contribution in [2.24, 2.45) is 0 Å². The molecule has 186 valence electrons. The summed E-state index contributed by atoms with van der Waals surface area (Å²) < 4.78 is 42.7. The Hall–Kier alpha value is -0.830. The average Bonchev–Trinajstić information content (AvgIpc) is 2.58. The lowest BCUT2D eigenvalue weighted by atomic mass is 9.90. The highest BCUT2D eigenvalue weighted by molar-refractivity contribution is 7.61. The van der Waals surface area contributed by atoms with Crippen molar-refractivity contribution in [2.75, 3.05) is 13.2 Å². The molecular formula is C20H36O10P2. The first kappa shape index (κ1) is 29.2. The van der Waals surface area contributed by atoms with Gasteiger partial charge in [0.1, 0.15) is 6.10 Å². The molecule has 3 N–H and O–H groups in total. The highest BCUT2D eigenvalue weighted by Crippen LogP contribution is 2.60. The van der Waals surface area contributed by atoms with Crippen molar-refractivity contribution in [3.8, 4) is 0 Å². The van der Waals surface area contributed by atoms with Crippen LogP contribution in [-0.4, -0.2) is 45.8 Å². The molecule has 0 saturated carbocycles. The molecule has 0 spiro atoms. The minimum Gasteiger partial charge on any atom is -0.462 e. The molecule has 0 bridgehead atoms. The van der Waals surface area contributed by atoms with Crippen LogP contribution in [0.25, 0.3) is 0 Å². The second-order valence-corrected chi connectivity index (χ2v) is 11.5. The topological polar surface area (TPSA) is 149 Å². The maximum atomic E-state index is 11.9. The van der Waals surface area contributed by atoms with Gasteiger partial charge in [-0.2, -0.15) is 4.31 Å². The van der Waals surface area contributed by atoms with Crippen molar-refractivity contribution < 1.29 is 46.9 Å². The number of unbranched alkanes of at least 4 members (excludes halogenated alkanes) is 1. The van der Waals surface area contributed by atoms with Crippen LogP contribution in [0.15, 0.2) is 23.3 Å². The fourth-order valence-electron chi connectivity index (χ4n) is 3.10. The maximum absolute atomic E-state index is 11.9. The number of phosphoric acid groups is 2. The highest BCUT2D eigenvalue weighted by Gasteiger charge is 2.36. The molecule has 32 heavy (non-hydrogen) atoms. The molecule has 0 aromatic carbocycles. The Morgan fingerprint density at radius 2 is 1.81 bits per heavy atom. The lowest BCUT2D eigenvalue weighted by Crippen LogP contribution is -2.40. The van der Waals surface area contributed by atoms with Crippen LogP contribution in [0.4, 0.5) is 0 Å². The quantitative estimate of drug-likeness (QED) is 0.135. The molecule has 1 saturated heterocycles. The Bertz CT molecular complexity index is 770. The van der Waals surface area contributed by atoms with Crippen molar-refractivity contribution in [3.05, 3.63) is 23.3 Å². The third-order valence-electron chi connectivity index (χ3n) is 4.63. The minimum atomic E-state index is -4.80. The van der Waals surface area contributed by atoms with E-state index in [0.29, 0.717) is 25.7 Å². The van der Waals surface area contributed by atoms with Gasteiger partial charge in [0.25, 0.3) is 0 Å². The van der Waals surface area contributed by atoms with Crippen LogP contribution in [0.1, 0.15) is 72.6 Å². The number of esters is 1. The van der Waals surface area contributed by atoms with E-state index in [4.69, 9.17) is 13.8 Å². The summed E-state index contributed by atoms with van der Waals surface area (Å²) in [7, 11) is -9.59. The molecule has 0 radical (unpaired) electrons. The van der Waals surface area contributed by atoms with Gasteiger partial charge in [-0.25, -0.2) is 9.13 Å². The molecule has 4 atom stereocenters. The van der Waals surface area contributed by atoms with Gasteiger partial charge in [-0.3, -0.25) is 13.8 Å². The summed E-state index contributed by atoms with van der Waals surface area (Å²) in [5.41, 5.74) is 1.04. The smallest absolute Gasteiger partial charge is 0.462 e. The van der Waals surface area contributed by atoms with Gasteiger partial charge in [0.15, 0.2) is 0 Å². The lowest BCUT2D eigenvalue weighted by Gasteiger charge is -2.33. The zero-order valence-electron chi connectivity index (χ0n) is 19.2. The first-order chi connectivity index (χ1) is 14.7. The molecule has 1 heterocycles. The van der Waals surface area contributed by atoms with Crippen molar-refractivity contribution in [3.63, 3.8) is 0 Å². The average molecular weight is 498 g/mol. The van der Waals surface area contributed by atoms with Gasteiger partial charge in [-0.1, -0.05) is 23.3 Å². The number of aliphatic hydroxyl groups is 1. The second-order valence-electron chi connectivity index (χ2n) is 8.50. The summed E-state index contributed by atoms with van der Waals surface area (Å²) in [6, 6.07) is 0. The zero-order valence-corrected chi connectivity index (χ0v) is 21.0. The van der Waals surface area contributed by atoms with Crippen LogP contribution in [0.2, 0.25) is 0 Å². The van der Waals surface area contributed by atoms with Crippen molar-refractivity contribution in [2.45, 2.75) is 84.3 Å². The fourth-order valence-corrected chi connectivity index (χ4v) is 5.14. The van der Waals surface area contributed by atoms with E-state index in [-0.39, 0.29) is 19.6 Å². The summed E-state index contributed by atoms with van der Waals surface area (Å²) in [4.78, 5) is 30.8. The molecule has 1 aliphatic rings. The van der Waals surface area contributed by atoms with Gasteiger partial charge in [-0.15, -0.1) is 0 Å². The van der Waals surface area contributed by atoms with Crippen LogP contribution < -0.4 is 0 Å². The second kappa shape index (κ2) is 13.2. The van der Waals surface area contributed by atoms with Crippen LogP contribution in [0.3, 0.4) is 0 Å². The Morgan fingerprint density at radius 3 is 2.44 bits per heavy atom. The molecule has 12 heteroatoms. The number of rotatable bonds is 14. The van der Waals surface area contributed by atoms with Crippen molar-refractivity contribution in [1.29, 1.82) is 0 Å². The molecule has 0 aromatic rings. The van der Waals surface area contributed by atoms with E-state index in [0.717, 1.165) is 18.4 Å². The summed E-state index contributed by atoms with van der Waals surface area (Å²) in [5.74, 6) is -0.465. The van der Waals surface area contributed by atoms with Gasteiger partial charge in [0.2, 0.25) is 0 Å². The highest BCUT2D eigenvalue weighted by atomic mass is 31.3. The summed E-state index contributed by atoms with van der Waals surface area (Å²) in [6.07, 6.45) is 6.33. The number of ether oxygens (including phenoxy) is 1. The third kappa shape index (κ3) is 13.7. The first-order valence-corrected chi connectivity index (χ1v) is 13.6. The molecule has 0 aromatic heterocycles. The predicted octanol–water partition coefficient (Wildman–Crippen LogP) is 4.56. The van der Waals surface area contributed by atoms with Gasteiger partial charge >= 0.3 is 21.6 Å². The maximum Gasteiger partial charge on any atom is 0.481 e. The Balaban J connectivity index is 2.31. The monoisotopic (exact) mass is 498 g/mol. The van der Waals surface area contributed by atoms with Gasteiger partial charge in [0, 0.05) is 6.42 Å². The number of hydrogen-bond donors (Lipinski definition) is 3. The SMILES string of the molecule is CC(C)=CCC/C(C)=C/COP(=O)(O)OP(=O)(O)OCCCCC1CC(C)(O)CC(=O)O1. The summed E-state index contributed by atoms with van der Waals surface area (Å²) >= 11 is 0. The van der Waals surface area contributed by atoms with Gasteiger partial charge in [-0.05, 0) is 59.8 Å².